The number of aromatic nitrogens is 1. The summed E-state index contributed by atoms with van der Waals surface area (Å²) in [6.45, 7) is 5.72. The Morgan fingerprint density at radius 3 is 2.90 bits per heavy atom. The van der Waals surface area contributed by atoms with Gasteiger partial charge in [0, 0.05) is 48.5 Å². The van der Waals surface area contributed by atoms with E-state index in [1.54, 1.807) is 6.07 Å². The van der Waals surface area contributed by atoms with Gasteiger partial charge in [0.2, 0.25) is 11.5 Å². The molecule has 2 aliphatic rings. The van der Waals surface area contributed by atoms with Crippen molar-refractivity contribution in [1.82, 2.24) is 4.98 Å². The van der Waals surface area contributed by atoms with E-state index in [1.807, 2.05) is 48.7 Å². The monoisotopic (exact) mass is 413 g/mol. The molecule has 31 heavy (non-hydrogen) atoms. The lowest BCUT2D eigenvalue weighted by atomic mass is 9.63. The fraction of sp³-hybridized carbons (Fsp3) is 0.269. The molecule has 0 radical (unpaired) electrons. The van der Waals surface area contributed by atoms with Crippen LogP contribution in [-0.4, -0.2) is 17.1 Å². The first-order chi connectivity index (χ1) is 14.9. The number of benzene rings is 1. The Morgan fingerprint density at radius 1 is 1.29 bits per heavy atom. The van der Waals surface area contributed by atoms with E-state index in [9.17, 15) is 9.59 Å². The molecule has 1 aromatic carbocycles. The third kappa shape index (κ3) is 4.08. The number of allylic oxidation sites excluding steroid dienone is 3. The molecule has 2 bridgehead atoms. The minimum absolute atomic E-state index is 0.0699. The second-order valence-electron chi connectivity index (χ2n) is 8.26. The van der Waals surface area contributed by atoms with Crippen LogP contribution in [0.5, 0.6) is 0 Å². The first kappa shape index (κ1) is 20.8. The molecule has 2 unspecified atom stereocenters. The summed E-state index contributed by atoms with van der Waals surface area (Å²) in [7, 11) is 0. The summed E-state index contributed by atoms with van der Waals surface area (Å²) in [5, 5.41) is 2.80. The highest BCUT2D eigenvalue weighted by Gasteiger charge is 2.46. The van der Waals surface area contributed by atoms with Gasteiger partial charge in [-0.1, -0.05) is 35.9 Å². The van der Waals surface area contributed by atoms with Gasteiger partial charge in [-0.2, -0.15) is 0 Å². The number of H-pyrrole nitrogens is 1. The molecule has 2 atom stereocenters. The number of amides is 1. The summed E-state index contributed by atoms with van der Waals surface area (Å²) in [5.74, 6) is 0.157. The summed E-state index contributed by atoms with van der Waals surface area (Å²) in [4.78, 5) is 31.3. The number of hydrogen-bond donors (Lipinski definition) is 2. The van der Waals surface area contributed by atoms with Gasteiger partial charge in [0.1, 0.15) is 5.54 Å². The van der Waals surface area contributed by atoms with Gasteiger partial charge in [-0.15, -0.1) is 0 Å². The standard InChI is InChI=1S/C26H27N3O2/c1-4-22-20-13-17(2)16-26(22,23-10-11-25(31)29-24(23)15-20)27-12-6-8-19-7-5-9-21(14-19)28-18(3)30/h4-14,20H,15-16H2,1-3H3,(H,28,30)(H,29,31). The van der Waals surface area contributed by atoms with E-state index in [0.717, 1.165) is 35.3 Å². The molecular formula is C26H27N3O2. The van der Waals surface area contributed by atoms with Crippen LogP contribution in [0.3, 0.4) is 0 Å². The van der Waals surface area contributed by atoms with Gasteiger partial charge < -0.3 is 10.3 Å². The highest BCUT2D eigenvalue weighted by molar-refractivity contribution is 5.89. The average molecular weight is 414 g/mol. The molecule has 1 aromatic heterocycles. The van der Waals surface area contributed by atoms with Crippen molar-refractivity contribution in [2.45, 2.75) is 39.2 Å². The van der Waals surface area contributed by atoms with Crippen LogP contribution in [-0.2, 0) is 16.8 Å². The quantitative estimate of drug-likeness (QED) is 0.559. The molecule has 5 heteroatoms. The summed E-state index contributed by atoms with van der Waals surface area (Å²) in [6.07, 6.45) is 11.8. The molecule has 4 rings (SSSR count). The highest BCUT2D eigenvalue weighted by atomic mass is 16.1. The van der Waals surface area contributed by atoms with E-state index in [2.05, 4.69) is 36.3 Å². The Balaban J connectivity index is 1.69. The summed E-state index contributed by atoms with van der Waals surface area (Å²) in [5.41, 5.74) is 5.86. The predicted octanol–water partition coefficient (Wildman–Crippen LogP) is 4.78. The molecule has 2 aromatic rings. The summed E-state index contributed by atoms with van der Waals surface area (Å²) in [6, 6.07) is 11.2. The molecule has 0 saturated heterocycles. The zero-order valence-corrected chi connectivity index (χ0v) is 18.1. The number of nitrogens with one attached hydrogen (secondary N) is 2. The molecular weight excluding hydrogens is 386 g/mol. The first-order valence-electron chi connectivity index (χ1n) is 10.6. The second kappa shape index (κ2) is 8.34. The van der Waals surface area contributed by atoms with Crippen molar-refractivity contribution in [2.24, 2.45) is 10.9 Å². The van der Waals surface area contributed by atoms with Gasteiger partial charge in [0.25, 0.3) is 0 Å². The van der Waals surface area contributed by atoms with Crippen molar-refractivity contribution >= 4 is 23.9 Å². The van der Waals surface area contributed by atoms with E-state index < -0.39 is 5.54 Å². The maximum atomic E-state index is 11.9. The average Bonchev–Trinajstić information content (AvgIpc) is 2.70. The van der Waals surface area contributed by atoms with E-state index in [0.29, 0.717) is 0 Å². The van der Waals surface area contributed by atoms with Crippen LogP contribution in [0.2, 0.25) is 0 Å². The van der Waals surface area contributed by atoms with E-state index in [1.165, 1.54) is 18.1 Å². The SMILES string of the molecule is CC=C1C2C=C(C)CC1(N=CC=Cc1cccc(NC(C)=O)c1)c1ccc(=O)[nH]c1C2. The second-order valence-corrected chi connectivity index (χ2v) is 8.26. The third-order valence-corrected chi connectivity index (χ3v) is 5.96. The molecule has 0 aliphatic heterocycles. The minimum atomic E-state index is -0.488. The van der Waals surface area contributed by atoms with Gasteiger partial charge in [0.05, 0.1) is 0 Å². The van der Waals surface area contributed by atoms with Gasteiger partial charge in [-0.05, 0) is 55.7 Å². The van der Waals surface area contributed by atoms with Crippen LogP contribution in [0.4, 0.5) is 5.69 Å². The number of rotatable bonds is 4. The zero-order chi connectivity index (χ0) is 22.0. The molecule has 158 valence electrons. The normalized spacial score (nSPS) is 23.8. The van der Waals surface area contributed by atoms with E-state index >= 15 is 0 Å². The van der Waals surface area contributed by atoms with Crippen molar-refractivity contribution < 1.29 is 4.79 Å². The number of pyridine rings is 1. The van der Waals surface area contributed by atoms with Crippen molar-refractivity contribution in [3.8, 4) is 0 Å². The maximum Gasteiger partial charge on any atom is 0.248 e. The van der Waals surface area contributed by atoms with Gasteiger partial charge in [0.15, 0.2) is 0 Å². The fourth-order valence-electron chi connectivity index (χ4n) is 4.90. The van der Waals surface area contributed by atoms with Crippen LogP contribution >= 0.6 is 0 Å². The van der Waals surface area contributed by atoms with Crippen molar-refractivity contribution in [3.63, 3.8) is 0 Å². The molecule has 1 heterocycles. The Labute approximate surface area is 182 Å². The van der Waals surface area contributed by atoms with Crippen LogP contribution < -0.4 is 10.9 Å². The molecule has 5 nitrogen and oxygen atoms in total. The van der Waals surface area contributed by atoms with E-state index in [-0.39, 0.29) is 17.4 Å². The molecule has 2 aliphatic carbocycles. The van der Waals surface area contributed by atoms with Crippen molar-refractivity contribution in [1.29, 1.82) is 0 Å². The van der Waals surface area contributed by atoms with Gasteiger partial charge in [-0.25, -0.2) is 0 Å². The van der Waals surface area contributed by atoms with Crippen LogP contribution in [0.25, 0.3) is 6.08 Å². The molecule has 0 fully saturated rings. The lowest BCUT2D eigenvalue weighted by Crippen LogP contribution is -2.40. The van der Waals surface area contributed by atoms with Crippen molar-refractivity contribution in [2.75, 3.05) is 5.32 Å². The molecule has 1 amide bonds. The maximum absolute atomic E-state index is 11.9. The van der Waals surface area contributed by atoms with Gasteiger partial charge in [-0.3, -0.25) is 14.6 Å². The summed E-state index contributed by atoms with van der Waals surface area (Å²) < 4.78 is 0. The molecule has 0 spiro atoms. The Hall–Kier alpha value is -3.47. The highest BCUT2D eigenvalue weighted by Crippen LogP contribution is 2.51. The summed E-state index contributed by atoms with van der Waals surface area (Å²) >= 11 is 0. The zero-order valence-electron chi connectivity index (χ0n) is 18.1. The number of aromatic amines is 1. The van der Waals surface area contributed by atoms with Crippen molar-refractivity contribution in [3.05, 3.63) is 92.9 Å². The number of aliphatic imine (C=N–C) groups is 1. The number of anilines is 1. The number of carbonyl (C=O) groups excluding carboxylic acids is 1. The number of nitrogens with zero attached hydrogens (tertiary/aromatic N) is 1. The van der Waals surface area contributed by atoms with Crippen LogP contribution in [0.1, 0.15) is 44.0 Å². The predicted molar refractivity (Wildman–Crippen MR) is 126 cm³/mol. The Bertz CT molecular complexity index is 1200. The molecule has 0 saturated carbocycles. The Morgan fingerprint density at radius 2 is 2.13 bits per heavy atom. The largest absolute Gasteiger partial charge is 0.326 e. The lowest BCUT2D eigenvalue weighted by Gasteiger charge is -2.45. The number of fused-ring (bicyclic) bond motifs is 4. The lowest BCUT2D eigenvalue weighted by molar-refractivity contribution is -0.114. The molecule has 2 N–H and O–H groups in total. The first-order valence-corrected chi connectivity index (χ1v) is 10.6. The van der Waals surface area contributed by atoms with Gasteiger partial charge >= 0.3 is 0 Å². The van der Waals surface area contributed by atoms with Crippen LogP contribution in [0, 0.1) is 5.92 Å². The number of carbonyl (C=O) groups is 1. The smallest absolute Gasteiger partial charge is 0.248 e. The Kier molecular flexibility index (Phi) is 5.59. The number of hydrogen-bond acceptors (Lipinski definition) is 3. The van der Waals surface area contributed by atoms with Crippen LogP contribution in [0.15, 0.2) is 75.6 Å². The fourth-order valence-corrected chi connectivity index (χ4v) is 4.90. The topological polar surface area (TPSA) is 74.3 Å². The minimum Gasteiger partial charge on any atom is -0.326 e. The third-order valence-electron chi connectivity index (χ3n) is 5.96. The van der Waals surface area contributed by atoms with E-state index in [4.69, 9.17) is 4.99 Å².